The first-order valence-electron chi connectivity index (χ1n) is 7.23. The Bertz CT molecular complexity index is 720. The molecule has 0 spiro atoms. The Labute approximate surface area is 148 Å². The monoisotopic (exact) mass is 368 g/mol. The summed E-state index contributed by atoms with van der Waals surface area (Å²) in [6.45, 7) is 3.63. The number of carbonyl (C=O) groups excluding carboxylic acids is 2. The number of hydrogen-bond donors (Lipinski definition) is 2. The highest BCUT2D eigenvalue weighted by Gasteiger charge is 2.13. The zero-order chi connectivity index (χ0) is 17.5. The summed E-state index contributed by atoms with van der Waals surface area (Å²) in [5.41, 5.74) is 0.633. The van der Waals surface area contributed by atoms with Crippen LogP contribution in [0.15, 0.2) is 33.9 Å². The zero-order valence-electron chi connectivity index (χ0n) is 13.2. The standard InChI is InChI=1S/C15H17ClN4O3S/c1-9(2)18-12(21)7-17-13(22)8-24-15-20-19-14(23-15)10-5-3-4-6-11(10)16/h3-6,9H,7-8H2,1-2H3,(H,17,22)(H,18,21). The van der Waals surface area contributed by atoms with E-state index in [9.17, 15) is 9.59 Å². The fraction of sp³-hybridized carbons (Fsp3) is 0.333. The van der Waals surface area contributed by atoms with Crippen LogP contribution in [0, 0.1) is 0 Å². The zero-order valence-corrected chi connectivity index (χ0v) is 14.8. The number of thioether (sulfide) groups is 1. The molecule has 0 saturated carbocycles. The molecule has 2 amide bonds. The van der Waals surface area contributed by atoms with Crippen molar-refractivity contribution >= 4 is 35.2 Å². The molecular weight excluding hydrogens is 352 g/mol. The lowest BCUT2D eigenvalue weighted by Gasteiger charge is -2.08. The quantitative estimate of drug-likeness (QED) is 0.726. The average molecular weight is 369 g/mol. The van der Waals surface area contributed by atoms with E-state index in [0.29, 0.717) is 16.5 Å². The molecule has 9 heteroatoms. The number of amides is 2. The van der Waals surface area contributed by atoms with Gasteiger partial charge in [0.1, 0.15) is 0 Å². The SMILES string of the molecule is CC(C)NC(=O)CNC(=O)CSc1nnc(-c2ccccc2Cl)o1. The minimum absolute atomic E-state index is 0.0328. The number of nitrogens with zero attached hydrogens (tertiary/aromatic N) is 2. The van der Waals surface area contributed by atoms with Crippen molar-refractivity contribution in [2.45, 2.75) is 25.1 Å². The van der Waals surface area contributed by atoms with E-state index in [4.69, 9.17) is 16.0 Å². The normalized spacial score (nSPS) is 10.7. The van der Waals surface area contributed by atoms with Gasteiger partial charge in [0.2, 0.25) is 17.7 Å². The maximum atomic E-state index is 11.7. The Kier molecular flexibility index (Phi) is 6.62. The number of benzene rings is 1. The van der Waals surface area contributed by atoms with E-state index in [2.05, 4.69) is 20.8 Å². The Balaban J connectivity index is 1.82. The number of nitrogens with one attached hydrogen (secondary N) is 2. The van der Waals surface area contributed by atoms with Gasteiger partial charge in [-0.25, -0.2) is 0 Å². The molecule has 128 valence electrons. The van der Waals surface area contributed by atoms with E-state index >= 15 is 0 Å². The molecular formula is C15H17ClN4O3S. The topological polar surface area (TPSA) is 97.1 Å². The van der Waals surface area contributed by atoms with Crippen LogP contribution in [0.4, 0.5) is 0 Å². The van der Waals surface area contributed by atoms with Crippen LogP contribution in [0.5, 0.6) is 0 Å². The first-order valence-corrected chi connectivity index (χ1v) is 8.59. The molecule has 24 heavy (non-hydrogen) atoms. The summed E-state index contributed by atoms with van der Waals surface area (Å²) in [4.78, 5) is 23.2. The van der Waals surface area contributed by atoms with E-state index in [1.54, 1.807) is 18.2 Å². The maximum Gasteiger partial charge on any atom is 0.277 e. The third-order valence-corrected chi connectivity index (χ3v) is 3.88. The summed E-state index contributed by atoms with van der Waals surface area (Å²) >= 11 is 7.15. The second kappa shape index (κ2) is 8.70. The van der Waals surface area contributed by atoms with Crippen LogP contribution in [0.2, 0.25) is 5.02 Å². The van der Waals surface area contributed by atoms with E-state index < -0.39 is 0 Å². The van der Waals surface area contributed by atoms with E-state index in [1.165, 1.54) is 0 Å². The summed E-state index contributed by atoms with van der Waals surface area (Å²) in [6, 6.07) is 7.14. The van der Waals surface area contributed by atoms with Crippen molar-refractivity contribution in [1.29, 1.82) is 0 Å². The first kappa shape index (κ1) is 18.3. The molecule has 0 aliphatic rings. The Morgan fingerprint density at radius 2 is 2.00 bits per heavy atom. The molecule has 2 N–H and O–H groups in total. The first-order chi connectivity index (χ1) is 11.5. The summed E-state index contributed by atoms with van der Waals surface area (Å²) in [5, 5.41) is 13.8. The van der Waals surface area contributed by atoms with Gasteiger partial charge in [-0.05, 0) is 26.0 Å². The lowest BCUT2D eigenvalue weighted by molar-refractivity contribution is -0.125. The Morgan fingerprint density at radius 1 is 1.25 bits per heavy atom. The molecule has 0 saturated heterocycles. The molecule has 7 nitrogen and oxygen atoms in total. The second-order valence-corrected chi connectivity index (χ2v) is 6.47. The van der Waals surface area contributed by atoms with Crippen LogP contribution >= 0.6 is 23.4 Å². The number of aromatic nitrogens is 2. The highest BCUT2D eigenvalue weighted by atomic mass is 35.5. The van der Waals surface area contributed by atoms with Gasteiger partial charge in [-0.1, -0.05) is 35.5 Å². The predicted octanol–water partition coefficient (Wildman–Crippen LogP) is 2.12. The van der Waals surface area contributed by atoms with Crippen LogP contribution in [0.1, 0.15) is 13.8 Å². The smallest absolute Gasteiger partial charge is 0.277 e. The minimum Gasteiger partial charge on any atom is -0.411 e. The van der Waals surface area contributed by atoms with Crippen LogP contribution in [0.25, 0.3) is 11.5 Å². The van der Waals surface area contributed by atoms with Crippen LogP contribution in [-0.2, 0) is 9.59 Å². The molecule has 0 aliphatic carbocycles. The average Bonchev–Trinajstić information content (AvgIpc) is 2.99. The van der Waals surface area contributed by atoms with Crippen LogP contribution < -0.4 is 10.6 Å². The summed E-state index contributed by atoms with van der Waals surface area (Å²) in [5.74, 6) is -0.169. The predicted molar refractivity (Wildman–Crippen MR) is 91.8 cm³/mol. The molecule has 0 aliphatic heterocycles. The van der Waals surface area contributed by atoms with Crippen molar-refractivity contribution in [1.82, 2.24) is 20.8 Å². The Morgan fingerprint density at radius 3 is 2.71 bits per heavy atom. The largest absolute Gasteiger partial charge is 0.411 e. The molecule has 2 aromatic rings. The second-order valence-electron chi connectivity index (χ2n) is 5.14. The molecule has 0 fully saturated rings. The third-order valence-electron chi connectivity index (χ3n) is 2.73. The lowest BCUT2D eigenvalue weighted by atomic mass is 10.2. The number of rotatable bonds is 7. The molecule has 0 radical (unpaired) electrons. The fourth-order valence-corrected chi connectivity index (χ4v) is 2.55. The highest BCUT2D eigenvalue weighted by Crippen LogP contribution is 2.28. The van der Waals surface area contributed by atoms with Gasteiger partial charge in [0.25, 0.3) is 5.22 Å². The summed E-state index contributed by atoms with van der Waals surface area (Å²) in [7, 11) is 0. The molecule has 0 bridgehead atoms. The van der Waals surface area contributed by atoms with Gasteiger partial charge in [-0.2, -0.15) is 0 Å². The highest BCUT2D eigenvalue weighted by molar-refractivity contribution is 7.99. The maximum absolute atomic E-state index is 11.7. The van der Waals surface area contributed by atoms with Crippen LogP contribution in [0.3, 0.4) is 0 Å². The molecule has 0 atom stereocenters. The van der Waals surface area contributed by atoms with E-state index in [0.717, 1.165) is 11.8 Å². The minimum atomic E-state index is -0.295. The van der Waals surface area contributed by atoms with Gasteiger partial charge in [-0.15, -0.1) is 10.2 Å². The van der Waals surface area contributed by atoms with Gasteiger partial charge < -0.3 is 15.1 Å². The van der Waals surface area contributed by atoms with Crippen molar-refractivity contribution in [3.8, 4) is 11.5 Å². The number of hydrogen-bond acceptors (Lipinski definition) is 6. The molecule has 1 aromatic carbocycles. The van der Waals surface area contributed by atoms with Crippen molar-refractivity contribution in [3.63, 3.8) is 0 Å². The van der Waals surface area contributed by atoms with Crippen molar-refractivity contribution in [3.05, 3.63) is 29.3 Å². The van der Waals surface area contributed by atoms with Crippen molar-refractivity contribution in [2.75, 3.05) is 12.3 Å². The van der Waals surface area contributed by atoms with Gasteiger partial charge in [0.05, 0.1) is 22.9 Å². The van der Waals surface area contributed by atoms with Crippen LogP contribution in [-0.4, -0.2) is 40.4 Å². The molecule has 1 heterocycles. The Hall–Kier alpha value is -2.06. The third kappa shape index (κ3) is 5.54. The van der Waals surface area contributed by atoms with Gasteiger partial charge in [0.15, 0.2) is 0 Å². The molecule has 1 aromatic heterocycles. The van der Waals surface area contributed by atoms with Gasteiger partial charge >= 0.3 is 0 Å². The van der Waals surface area contributed by atoms with Crippen molar-refractivity contribution in [2.24, 2.45) is 0 Å². The number of halogens is 1. The van der Waals surface area contributed by atoms with Gasteiger partial charge in [0, 0.05) is 6.04 Å². The van der Waals surface area contributed by atoms with Gasteiger partial charge in [-0.3, -0.25) is 9.59 Å². The lowest BCUT2D eigenvalue weighted by Crippen LogP contribution is -2.40. The van der Waals surface area contributed by atoms with E-state index in [-0.39, 0.29) is 35.4 Å². The van der Waals surface area contributed by atoms with E-state index in [1.807, 2.05) is 19.9 Å². The summed E-state index contributed by atoms with van der Waals surface area (Å²) < 4.78 is 5.48. The summed E-state index contributed by atoms with van der Waals surface area (Å²) in [6.07, 6.45) is 0. The fourth-order valence-electron chi connectivity index (χ4n) is 1.74. The van der Waals surface area contributed by atoms with Crippen molar-refractivity contribution < 1.29 is 14.0 Å². The molecule has 2 rings (SSSR count). The number of carbonyl (C=O) groups is 2. The molecule has 0 unspecified atom stereocenters.